The molecule has 1 heterocycles. The summed E-state index contributed by atoms with van der Waals surface area (Å²) in [5, 5.41) is 24.8. The molecular formula is C17H23FN4O6. The Bertz CT molecular complexity index is 700. The number of hydrogen-bond donors (Lipinski definition) is 5. The molecule has 1 aromatic heterocycles. The minimum atomic E-state index is -1.31. The first-order valence-electron chi connectivity index (χ1n) is 8.68. The average molecular weight is 397 g/mol. The van der Waals surface area contributed by atoms with Gasteiger partial charge in [0, 0.05) is 25.7 Å². The number of pyridine rings is 1. The Kier molecular flexibility index (Phi) is 9.94. The third-order valence-corrected chi connectivity index (χ3v) is 3.69. The highest BCUT2D eigenvalue weighted by Gasteiger charge is 2.20. The van der Waals surface area contributed by atoms with Gasteiger partial charge in [-0.3, -0.25) is 14.6 Å². The topological polar surface area (TPSA) is 158 Å². The number of rotatable bonds is 12. The van der Waals surface area contributed by atoms with Crippen molar-refractivity contribution in [3.63, 3.8) is 0 Å². The summed E-state index contributed by atoms with van der Waals surface area (Å²) in [5.74, 6) is -3.68. The number of urea groups is 1. The van der Waals surface area contributed by atoms with Crippen LogP contribution in [0.4, 0.5) is 9.18 Å². The van der Waals surface area contributed by atoms with Crippen molar-refractivity contribution in [1.82, 2.24) is 20.9 Å². The van der Waals surface area contributed by atoms with Crippen LogP contribution in [-0.2, 0) is 9.59 Å². The molecule has 0 spiro atoms. The summed E-state index contributed by atoms with van der Waals surface area (Å²) in [6.07, 6.45) is 3.56. The van der Waals surface area contributed by atoms with Crippen LogP contribution < -0.4 is 16.0 Å². The van der Waals surface area contributed by atoms with E-state index < -0.39 is 35.7 Å². The molecule has 0 aliphatic rings. The molecule has 1 rings (SSSR count). The predicted molar refractivity (Wildman–Crippen MR) is 95.2 cm³/mol. The predicted octanol–water partition coefficient (Wildman–Crippen LogP) is 0.738. The Balaban J connectivity index is 2.15. The molecule has 5 N–H and O–H groups in total. The van der Waals surface area contributed by atoms with Crippen LogP contribution in [0.25, 0.3) is 0 Å². The maximum atomic E-state index is 13.4. The fourth-order valence-corrected chi connectivity index (χ4v) is 2.22. The second-order valence-electron chi connectivity index (χ2n) is 5.90. The van der Waals surface area contributed by atoms with Crippen molar-refractivity contribution in [2.45, 2.75) is 38.1 Å². The molecule has 1 atom stereocenters. The highest BCUT2D eigenvalue weighted by atomic mass is 18.2. The zero-order valence-electron chi connectivity index (χ0n) is 15.1. The largest absolute Gasteiger partial charge is 0.481 e. The third-order valence-electron chi connectivity index (χ3n) is 3.69. The maximum Gasteiger partial charge on any atom is 0.326 e. The first-order chi connectivity index (χ1) is 13.3. The summed E-state index contributed by atoms with van der Waals surface area (Å²) in [5.41, 5.74) is -0.0794. The van der Waals surface area contributed by atoms with E-state index in [1.165, 1.54) is 12.3 Å². The molecule has 0 fully saturated rings. The van der Waals surface area contributed by atoms with Crippen molar-refractivity contribution < 1.29 is 33.8 Å². The second kappa shape index (κ2) is 12.2. The highest BCUT2D eigenvalue weighted by Crippen LogP contribution is 2.04. The quantitative estimate of drug-likeness (QED) is 0.325. The van der Waals surface area contributed by atoms with Crippen LogP contribution in [0.2, 0.25) is 0 Å². The zero-order valence-corrected chi connectivity index (χ0v) is 15.1. The fourth-order valence-electron chi connectivity index (χ4n) is 2.22. The molecule has 0 aliphatic carbocycles. The lowest BCUT2D eigenvalue weighted by atomic mass is 10.1. The SMILES string of the molecule is O=C(O)CC[C@H](NC(=O)NCCCCCNC(=O)c1ccncc1[18F])C(=O)O. The van der Waals surface area contributed by atoms with Crippen molar-refractivity contribution in [2.24, 2.45) is 0 Å². The summed E-state index contributed by atoms with van der Waals surface area (Å²) in [6, 6.07) is -0.687. The second-order valence-corrected chi connectivity index (χ2v) is 5.90. The Morgan fingerprint density at radius 3 is 2.36 bits per heavy atom. The molecule has 0 bridgehead atoms. The summed E-state index contributed by atoms with van der Waals surface area (Å²) in [6.45, 7) is 0.618. The number of unbranched alkanes of at least 4 members (excludes halogenated alkanes) is 2. The van der Waals surface area contributed by atoms with E-state index in [2.05, 4.69) is 20.9 Å². The minimum Gasteiger partial charge on any atom is -0.481 e. The van der Waals surface area contributed by atoms with E-state index in [0.29, 0.717) is 25.8 Å². The Morgan fingerprint density at radius 2 is 1.75 bits per heavy atom. The van der Waals surface area contributed by atoms with Crippen LogP contribution in [0, 0.1) is 5.82 Å². The van der Waals surface area contributed by atoms with Gasteiger partial charge in [0.15, 0.2) is 5.82 Å². The van der Waals surface area contributed by atoms with Gasteiger partial charge in [0.2, 0.25) is 0 Å². The van der Waals surface area contributed by atoms with Gasteiger partial charge in [-0.15, -0.1) is 0 Å². The molecule has 0 unspecified atom stereocenters. The maximum absolute atomic E-state index is 13.4. The molecule has 11 heteroatoms. The molecule has 10 nitrogen and oxygen atoms in total. The summed E-state index contributed by atoms with van der Waals surface area (Å²) in [7, 11) is 0. The van der Waals surface area contributed by atoms with E-state index in [-0.39, 0.29) is 24.9 Å². The van der Waals surface area contributed by atoms with Crippen LogP contribution >= 0.6 is 0 Å². The van der Waals surface area contributed by atoms with Crippen molar-refractivity contribution in [1.29, 1.82) is 0 Å². The normalized spacial score (nSPS) is 11.3. The average Bonchev–Trinajstić information content (AvgIpc) is 2.64. The van der Waals surface area contributed by atoms with Gasteiger partial charge in [0.25, 0.3) is 5.91 Å². The monoisotopic (exact) mass is 397 g/mol. The van der Waals surface area contributed by atoms with Gasteiger partial charge in [0.05, 0.1) is 11.8 Å². The zero-order chi connectivity index (χ0) is 20.9. The third kappa shape index (κ3) is 8.92. The summed E-state index contributed by atoms with van der Waals surface area (Å²) < 4.78 is 13.4. The molecule has 0 aromatic carbocycles. The highest BCUT2D eigenvalue weighted by molar-refractivity contribution is 5.94. The van der Waals surface area contributed by atoms with E-state index in [1.807, 2.05) is 0 Å². The first kappa shape index (κ1) is 22.8. The van der Waals surface area contributed by atoms with Crippen molar-refractivity contribution in [3.8, 4) is 0 Å². The van der Waals surface area contributed by atoms with Gasteiger partial charge >= 0.3 is 18.0 Å². The Hall–Kier alpha value is -3.24. The Morgan fingerprint density at radius 1 is 1.07 bits per heavy atom. The number of carbonyl (C=O) groups is 4. The number of carbonyl (C=O) groups excluding carboxylic acids is 2. The van der Waals surface area contributed by atoms with Crippen molar-refractivity contribution >= 4 is 23.9 Å². The van der Waals surface area contributed by atoms with Gasteiger partial charge in [-0.1, -0.05) is 0 Å². The minimum absolute atomic E-state index is 0.0794. The first-order valence-corrected chi connectivity index (χ1v) is 8.68. The molecule has 0 radical (unpaired) electrons. The number of halogens is 1. The van der Waals surface area contributed by atoms with E-state index in [4.69, 9.17) is 10.2 Å². The lowest BCUT2D eigenvalue weighted by Gasteiger charge is -2.14. The van der Waals surface area contributed by atoms with Crippen LogP contribution in [-0.4, -0.2) is 58.2 Å². The van der Waals surface area contributed by atoms with Crippen molar-refractivity contribution in [3.05, 3.63) is 29.8 Å². The molecule has 28 heavy (non-hydrogen) atoms. The molecule has 3 amide bonds. The standard InChI is InChI=1S/C17H23FN4O6/c18-12-10-19-9-6-11(12)15(25)20-7-2-1-3-8-21-17(28)22-13(16(26)27)4-5-14(23)24/h6,9-10,13H,1-5,7-8H2,(H,20,25)(H,23,24)(H,26,27)(H2,21,22,28)/t13-/m0/s1/i18-1. The fraction of sp³-hybridized carbons (Fsp3) is 0.471. The number of nitrogens with one attached hydrogen (secondary N) is 3. The molecule has 1 aromatic rings. The number of aromatic nitrogens is 1. The molecular weight excluding hydrogens is 374 g/mol. The number of hydrogen-bond acceptors (Lipinski definition) is 5. The van der Waals surface area contributed by atoms with E-state index in [9.17, 15) is 23.6 Å². The van der Waals surface area contributed by atoms with Gasteiger partial charge in [-0.05, 0) is 31.7 Å². The van der Waals surface area contributed by atoms with Crippen LogP contribution in [0.3, 0.4) is 0 Å². The van der Waals surface area contributed by atoms with E-state index in [1.54, 1.807) is 0 Å². The molecule has 0 aliphatic heterocycles. The number of carboxylic acid groups (broad SMARTS) is 2. The molecule has 154 valence electrons. The van der Waals surface area contributed by atoms with Gasteiger partial charge in [0.1, 0.15) is 6.04 Å². The number of aliphatic carboxylic acids is 2. The van der Waals surface area contributed by atoms with Gasteiger partial charge in [-0.2, -0.15) is 0 Å². The summed E-state index contributed by atoms with van der Waals surface area (Å²) in [4.78, 5) is 48.4. The van der Waals surface area contributed by atoms with Crippen LogP contribution in [0.15, 0.2) is 18.5 Å². The smallest absolute Gasteiger partial charge is 0.326 e. The van der Waals surface area contributed by atoms with Crippen LogP contribution in [0.5, 0.6) is 0 Å². The van der Waals surface area contributed by atoms with Crippen molar-refractivity contribution in [2.75, 3.05) is 13.1 Å². The van der Waals surface area contributed by atoms with Gasteiger partial charge in [-0.25, -0.2) is 14.0 Å². The summed E-state index contributed by atoms with van der Waals surface area (Å²) >= 11 is 0. The molecule has 0 saturated heterocycles. The van der Waals surface area contributed by atoms with Crippen LogP contribution in [0.1, 0.15) is 42.5 Å². The Labute approximate surface area is 160 Å². The lowest BCUT2D eigenvalue weighted by Crippen LogP contribution is -2.46. The van der Waals surface area contributed by atoms with E-state index >= 15 is 0 Å². The molecule has 0 saturated carbocycles. The number of amides is 3. The number of nitrogens with zero attached hydrogens (tertiary/aromatic N) is 1. The van der Waals surface area contributed by atoms with Gasteiger partial charge < -0.3 is 26.2 Å². The number of carboxylic acids is 2. The van der Waals surface area contributed by atoms with E-state index in [0.717, 1.165) is 6.20 Å². The lowest BCUT2D eigenvalue weighted by molar-refractivity contribution is -0.140.